The molecule has 0 aliphatic carbocycles. The molecule has 0 radical (unpaired) electrons. The molecule has 0 spiro atoms. The van der Waals surface area contributed by atoms with E-state index in [1.54, 1.807) is 17.2 Å². The standard InChI is InChI=1S/C21H16BrN5OS/c22-16-7-10-20(24-12-16)29-19-4-2-1-3-18(19)21(28)25-11-15-5-8-17(9-6-15)27-14-23-13-26-27/h1-10,12-14H,11H2,(H,25,28). The summed E-state index contributed by atoms with van der Waals surface area (Å²) in [4.78, 5) is 21.9. The average molecular weight is 466 g/mol. The van der Waals surface area contributed by atoms with Gasteiger partial charge >= 0.3 is 0 Å². The highest BCUT2D eigenvalue weighted by Crippen LogP contribution is 2.29. The van der Waals surface area contributed by atoms with Gasteiger partial charge in [0, 0.05) is 22.1 Å². The smallest absolute Gasteiger partial charge is 0.252 e. The van der Waals surface area contributed by atoms with Gasteiger partial charge in [-0.15, -0.1) is 0 Å². The van der Waals surface area contributed by atoms with Gasteiger partial charge in [-0.25, -0.2) is 14.6 Å². The van der Waals surface area contributed by atoms with E-state index < -0.39 is 0 Å². The van der Waals surface area contributed by atoms with Gasteiger partial charge in [0.2, 0.25) is 0 Å². The maximum atomic E-state index is 12.8. The Morgan fingerprint density at radius 1 is 1.07 bits per heavy atom. The zero-order chi connectivity index (χ0) is 20.1. The SMILES string of the molecule is O=C(NCc1ccc(-n2cncn2)cc1)c1ccccc1Sc1ccc(Br)cn1. The highest BCUT2D eigenvalue weighted by atomic mass is 79.9. The Morgan fingerprint density at radius 3 is 2.62 bits per heavy atom. The first kappa shape index (κ1) is 19.4. The number of amides is 1. The van der Waals surface area contributed by atoms with Gasteiger partial charge in [-0.1, -0.05) is 36.0 Å². The number of hydrogen-bond donors (Lipinski definition) is 1. The molecule has 8 heteroatoms. The Balaban J connectivity index is 1.43. The normalized spacial score (nSPS) is 10.7. The van der Waals surface area contributed by atoms with Gasteiger partial charge in [0.15, 0.2) is 0 Å². The van der Waals surface area contributed by atoms with E-state index in [4.69, 9.17) is 0 Å². The lowest BCUT2D eigenvalue weighted by molar-refractivity contribution is 0.0948. The van der Waals surface area contributed by atoms with Crippen molar-refractivity contribution in [2.75, 3.05) is 0 Å². The summed E-state index contributed by atoms with van der Waals surface area (Å²) in [5.41, 5.74) is 2.55. The Labute approximate surface area is 180 Å². The Morgan fingerprint density at radius 2 is 1.90 bits per heavy atom. The summed E-state index contributed by atoms with van der Waals surface area (Å²) >= 11 is 4.85. The number of halogens is 1. The number of carbonyl (C=O) groups excluding carboxylic acids is 1. The van der Waals surface area contributed by atoms with Crippen molar-refractivity contribution in [1.82, 2.24) is 25.1 Å². The van der Waals surface area contributed by atoms with Gasteiger partial charge in [0.1, 0.15) is 17.7 Å². The van der Waals surface area contributed by atoms with E-state index in [1.807, 2.05) is 60.7 Å². The van der Waals surface area contributed by atoms with Crippen molar-refractivity contribution in [2.45, 2.75) is 16.5 Å². The van der Waals surface area contributed by atoms with Crippen molar-refractivity contribution in [1.29, 1.82) is 0 Å². The molecular formula is C21H16BrN5OS. The molecule has 0 saturated carbocycles. The van der Waals surface area contributed by atoms with Crippen LogP contribution in [0.4, 0.5) is 0 Å². The number of carbonyl (C=O) groups is 1. The van der Waals surface area contributed by atoms with Crippen molar-refractivity contribution < 1.29 is 4.79 Å². The second kappa shape index (κ2) is 9.02. The lowest BCUT2D eigenvalue weighted by atomic mass is 10.2. The predicted octanol–water partition coefficient (Wildman–Crippen LogP) is 4.51. The van der Waals surface area contributed by atoms with Gasteiger partial charge in [0.25, 0.3) is 5.91 Å². The zero-order valence-electron chi connectivity index (χ0n) is 15.2. The molecular weight excluding hydrogens is 450 g/mol. The predicted molar refractivity (Wildman–Crippen MR) is 115 cm³/mol. The molecule has 0 saturated heterocycles. The first-order valence-electron chi connectivity index (χ1n) is 8.79. The molecule has 144 valence electrons. The monoisotopic (exact) mass is 465 g/mol. The van der Waals surface area contributed by atoms with Crippen LogP contribution in [0.5, 0.6) is 0 Å². The second-order valence-corrected chi connectivity index (χ2v) is 8.08. The van der Waals surface area contributed by atoms with Crippen LogP contribution in [-0.4, -0.2) is 25.7 Å². The maximum Gasteiger partial charge on any atom is 0.252 e. The van der Waals surface area contributed by atoms with E-state index in [0.717, 1.165) is 25.6 Å². The number of benzene rings is 2. The molecule has 1 amide bonds. The van der Waals surface area contributed by atoms with Crippen molar-refractivity contribution in [3.05, 3.63) is 95.1 Å². The van der Waals surface area contributed by atoms with E-state index in [2.05, 4.69) is 36.3 Å². The molecule has 29 heavy (non-hydrogen) atoms. The third-order valence-electron chi connectivity index (χ3n) is 4.12. The summed E-state index contributed by atoms with van der Waals surface area (Å²) in [7, 11) is 0. The molecule has 0 fully saturated rings. The fraction of sp³-hybridized carbons (Fsp3) is 0.0476. The van der Waals surface area contributed by atoms with Crippen LogP contribution in [0.15, 0.2) is 93.9 Å². The van der Waals surface area contributed by atoms with Crippen molar-refractivity contribution in [3.8, 4) is 5.69 Å². The Hall–Kier alpha value is -2.97. The van der Waals surface area contributed by atoms with Crippen LogP contribution in [0.25, 0.3) is 5.69 Å². The molecule has 0 aliphatic heterocycles. The summed E-state index contributed by atoms with van der Waals surface area (Å²) in [6.07, 6.45) is 4.88. The summed E-state index contributed by atoms with van der Waals surface area (Å²) < 4.78 is 2.61. The molecule has 2 aromatic carbocycles. The first-order chi connectivity index (χ1) is 14.2. The molecule has 4 rings (SSSR count). The van der Waals surface area contributed by atoms with Crippen molar-refractivity contribution >= 4 is 33.6 Å². The van der Waals surface area contributed by atoms with Crippen LogP contribution in [0.3, 0.4) is 0 Å². The van der Waals surface area contributed by atoms with E-state index in [0.29, 0.717) is 12.1 Å². The second-order valence-electron chi connectivity index (χ2n) is 6.10. The summed E-state index contributed by atoms with van der Waals surface area (Å²) in [5.74, 6) is -0.120. The van der Waals surface area contributed by atoms with Gasteiger partial charge in [0.05, 0.1) is 11.3 Å². The maximum absolute atomic E-state index is 12.8. The van der Waals surface area contributed by atoms with Crippen LogP contribution in [0.2, 0.25) is 0 Å². The Bertz CT molecular complexity index is 1100. The number of nitrogens with one attached hydrogen (secondary N) is 1. The largest absolute Gasteiger partial charge is 0.348 e. The summed E-state index contributed by atoms with van der Waals surface area (Å²) in [6, 6.07) is 19.2. The van der Waals surface area contributed by atoms with Gasteiger partial charge < -0.3 is 5.32 Å². The van der Waals surface area contributed by atoms with E-state index in [-0.39, 0.29) is 5.91 Å². The molecule has 4 aromatic rings. The van der Waals surface area contributed by atoms with Crippen LogP contribution < -0.4 is 5.32 Å². The van der Waals surface area contributed by atoms with Crippen molar-refractivity contribution in [2.24, 2.45) is 0 Å². The molecule has 0 aliphatic rings. The lowest BCUT2D eigenvalue weighted by Crippen LogP contribution is -2.23. The quantitative estimate of drug-likeness (QED) is 0.453. The minimum Gasteiger partial charge on any atom is -0.348 e. The third-order valence-corrected chi connectivity index (χ3v) is 5.61. The highest BCUT2D eigenvalue weighted by Gasteiger charge is 2.12. The first-order valence-corrected chi connectivity index (χ1v) is 10.4. The molecule has 2 heterocycles. The van der Waals surface area contributed by atoms with Gasteiger partial charge in [-0.3, -0.25) is 4.79 Å². The summed E-state index contributed by atoms with van der Waals surface area (Å²) in [6.45, 7) is 0.437. The van der Waals surface area contributed by atoms with Crippen LogP contribution >= 0.6 is 27.7 Å². The van der Waals surface area contributed by atoms with Crippen molar-refractivity contribution in [3.63, 3.8) is 0 Å². The lowest BCUT2D eigenvalue weighted by Gasteiger charge is -2.10. The fourth-order valence-corrected chi connectivity index (χ4v) is 3.78. The third kappa shape index (κ3) is 4.90. The number of rotatable bonds is 6. The average Bonchev–Trinajstić information content (AvgIpc) is 3.29. The van der Waals surface area contributed by atoms with Crippen LogP contribution in [0.1, 0.15) is 15.9 Å². The highest BCUT2D eigenvalue weighted by molar-refractivity contribution is 9.10. The Kier molecular flexibility index (Phi) is 6.02. The minimum absolute atomic E-state index is 0.120. The van der Waals surface area contributed by atoms with E-state index >= 15 is 0 Å². The summed E-state index contributed by atoms with van der Waals surface area (Å²) in [5, 5.41) is 7.93. The molecule has 0 unspecified atom stereocenters. The van der Waals surface area contributed by atoms with E-state index in [9.17, 15) is 4.79 Å². The zero-order valence-corrected chi connectivity index (χ0v) is 17.6. The van der Waals surface area contributed by atoms with Gasteiger partial charge in [-0.05, 0) is 57.9 Å². The van der Waals surface area contributed by atoms with Crippen LogP contribution in [-0.2, 0) is 6.54 Å². The topological polar surface area (TPSA) is 72.7 Å². The van der Waals surface area contributed by atoms with Gasteiger partial charge in [-0.2, -0.15) is 5.10 Å². The fourth-order valence-electron chi connectivity index (χ4n) is 2.66. The molecule has 0 atom stereocenters. The number of nitrogens with zero attached hydrogens (tertiary/aromatic N) is 4. The minimum atomic E-state index is -0.120. The number of pyridine rings is 1. The molecule has 2 aromatic heterocycles. The number of aromatic nitrogens is 4. The number of hydrogen-bond acceptors (Lipinski definition) is 5. The van der Waals surface area contributed by atoms with Crippen LogP contribution in [0, 0.1) is 0 Å². The molecule has 1 N–H and O–H groups in total. The molecule has 6 nitrogen and oxygen atoms in total. The molecule has 0 bridgehead atoms. The van der Waals surface area contributed by atoms with E-state index in [1.165, 1.54) is 18.1 Å².